The third kappa shape index (κ3) is 4.39. The molecule has 0 amide bonds. The van der Waals surface area contributed by atoms with E-state index in [2.05, 4.69) is 6.92 Å². The van der Waals surface area contributed by atoms with Crippen LogP contribution in [-0.2, 0) is 22.4 Å². The van der Waals surface area contributed by atoms with Crippen LogP contribution in [0.4, 0.5) is 0 Å². The summed E-state index contributed by atoms with van der Waals surface area (Å²) in [6, 6.07) is 3.82. The quantitative estimate of drug-likeness (QED) is 0.690. The van der Waals surface area contributed by atoms with Gasteiger partial charge in [0.05, 0.1) is 25.9 Å². The molecule has 0 fully saturated rings. The first-order valence-electron chi connectivity index (χ1n) is 6.31. The number of hydrogen-bond donors (Lipinski definition) is 0. The fourth-order valence-electron chi connectivity index (χ4n) is 1.86. The molecule has 108 valence electrons. The van der Waals surface area contributed by atoms with Gasteiger partial charge in [-0.05, 0) is 6.42 Å². The van der Waals surface area contributed by atoms with Crippen LogP contribution in [0.3, 0.4) is 0 Å². The summed E-state index contributed by atoms with van der Waals surface area (Å²) < 4.78 is 22.7. The van der Waals surface area contributed by atoms with Crippen LogP contribution in [0.1, 0.15) is 30.9 Å². The van der Waals surface area contributed by atoms with Gasteiger partial charge in [-0.3, -0.25) is 4.21 Å². The second-order valence-corrected chi connectivity index (χ2v) is 6.07. The van der Waals surface area contributed by atoms with Gasteiger partial charge in [0.25, 0.3) is 0 Å². The minimum Gasteiger partial charge on any atom is -0.493 e. The zero-order chi connectivity index (χ0) is 14.3. The molecule has 0 aromatic heterocycles. The summed E-state index contributed by atoms with van der Waals surface area (Å²) in [6.07, 6.45) is 2.03. The molecule has 1 atom stereocenters. The minimum absolute atomic E-state index is 0.360. The number of rotatable bonds is 8. The average Bonchev–Trinajstić information content (AvgIpc) is 2.44. The van der Waals surface area contributed by atoms with Crippen LogP contribution in [-0.4, -0.2) is 24.2 Å². The van der Waals surface area contributed by atoms with Gasteiger partial charge in [-0.25, -0.2) is 0 Å². The van der Waals surface area contributed by atoms with Gasteiger partial charge in [0.2, 0.25) is 0 Å². The topological polar surface area (TPSA) is 35.5 Å². The molecular weight excluding hydrogens is 284 g/mol. The Balaban J connectivity index is 2.98. The number of hydrogen-bond acceptors (Lipinski definition) is 3. The summed E-state index contributed by atoms with van der Waals surface area (Å²) in [5.74, 6) is 2.85. The van der Waals surface area contributed by atoms with Crippen LogP contribution in [0.5, 0.6) is 11.5 Å². The van der Waals surface area contributed by atoms with Crippen LogP contribution in [0.15, 0.2) is 12.1 Å². The third-order valence-electron chi connectivity index (χ3n) is 2.87. The van der Waals surface area contributed by atoms with Gasteiger partial charge < -0.3 is 9.47 Å². The monoisotopic (exact) mass is 304 g/mol. The largest absolute Gasteiger partial charge is 0.493 e. The lowest BCUT2D eigenvalue weighted by molar-refractivity contribution is 0.350. The maximum atomic E-state index is 12.0. The zero-order valence-corrected chi connectivity index (χ0v) is 13.3. The van der Waals surface area contributed by atoms with E-state index in [1.807, 2.05) is 12.1 Å². The molecule has 0 N–H and O–H groups in total. The molecule has 1 aromatic rings. The molecule has 1 unspecified atom stereocenters. The number of benzene rings is 1. The summed E-state index contributed by atoms with van der Waals surface area (Å²) in [5.41, 5.74) is 1.78. The first-order chi connectivity index (χ1) is 9.17. The van der Waals surface area contributed by atoms with E-state index in [9.17, 15) is 4.21 Å². The molecule has 0 heterocycles. The maximum Gasteiger partial charge on any atom is 0.165 e. The molecule has 1 aromatic carbocycles. The Morgan fingerprint density at radius 3 is 2.26 bits per heavy atom. The fraction of sp³-hybridized carbons (Fsp3) is 0.571. The van der Waals surface area contributed by atoms with Crippen molar-refractivity contribution in [2.45, 2.75) is 31.4 Å². The van der Waals surface area contributed by atoms with Gasteiger partial charge >= 0.3 is 0 Å². The van der Waals surface area contributed by atoms with Crippen molar-refractivity contribution in [1.29, 1.82) is 0 Å². The van der Waals surface area contributed by atoms with E-state index in [4.69, 9.17) is 21.1 Å². The maximum absolute atomic E-state index is 12.0. The van der Waals surface area contributed by atoms with Crippen molar-refractivity contribution in [3.05, 3.63) is 23.3 Å². The molecule has 0 saturated heterocycles. The molecular formula is C14H21ClO3S. The predicted octanol–water partition coefficient (Wildman–Crippen LogP) is 3.49. The molecule has 3 nitrogen and oxygen atoms in total. The summed E-state index contributed by atoms with van der Waals surface area (Å²) >= 11 is 5.87. The van der Waals surface area contributed by atoms with Crippen molar-refractivity contribution in [3.8, 4) is 11.5 Å². The highest BCUT2D eigenvalue weighted by atomic mass is 35.5. The van der Waals surface area contributed by atoms with Crippen molar-refractivity contribution in [2.24, 2.45) is 0 Å². The minimum atomic E-state index is -0.870. The number of ether oxygens (including phenoxy) is 2. The molecule has 1 rings (SSSR count). The average molecular weight is 305 g/mol. The van der Waals surface area contributed by atoms with Gasteiger partial charge in [0.1, 0.15) is 0 Å². The standard InChI is InChI=1S/C14H21ClO3S/c1-4-5-8-19(16)10-12-7-6-11(9-15)13(17-2)14(12)18-3/h6-7H,4-5,8-10H2,1-3H3. The molecule has 19 heavy (non-hydrogen) atoms. The van der Waals surface area contributed by atoms with E-state index in [-0.39, 0.29) is 0 Å². The van der Waals surface area contributed by atoms with Gasteiger partial charge in [0, 0.05) is 27.7 Å². The van der Waals surface area contributed by atoms with E-state index < -0.39 is 10.8 Å². The lowest BCUT2D eigenvalue weighted by Crippen LogP contribution is -2.04. The van der Waals surface area contributed by atoms with Crippen LogP contribution in [0.2, 0.25) is 0 Å². The Morgan fingerprint density at radius 2 is 1.74 bits per heavy atom. The molecule has 0 aliphatic rings. The summed E-state index contributed by atoms with van der Waals surface area (Å²) in [4.78, 5) is 0. The zero-order valence-electron chi connectivity index (χ0n) is 11.7. The van der Waals surface area contributed by atoms with Crippen molar-refractivity contribution in [3.63, 3.8) is 0 Å². The molecule has 0 aliphatic carbocycles. The second kappa shape index (κ2) is 8.43. The highest BCUT2D eigenvalue weighted by Crippen LogP contribution is 2.36. The Bertz CT molecular complexity index is 435. The second-order valence-electron chi connectivity index (χ2n) is 4.23. The summed E-state index contributed by atoms with van der Waals surface area (Å²) in [6.45, 7) is 2.09. The van der Waals surface area contributed by atoms with Crippen LogP contribution in [0.25, 0.3) is 0 Å². The van der Waals surface area contributed by atoms with Crippen LogP contribution >= 0.6 is 11.6 Å². The van der Waals surface area contributed by atoms with Crippen molar-refractivity contribution >= 4 is 22.4 Å². The smallest absolute Gasteiger partial charge is 0.165 e. The number of methoxy groups -OCH3 is 2. The third-order valence-corrected chi connectivity index (χ3v) is 4.53. The molecule has 0 radical (unpaired) electrons. The van der Waals surface area contributed by atoms with E-state index in [1.165, 1.54) is 0 Å². The van der Waals surface area contributed by atoms with Gasteiger partial charge in [-0.15, -0.1) is 11.6 Å². The molecule has 0 aliphatic heterocycles. The highest BCUT2D eigenvalue weighted by molar-refractivity contribution is 7.84. The highest BCUT2D eigenvalue weighted by Gasteiger charge is 2.16. The first kappa shape index (κ1) is 16.3. The van der Waals surface area contributed by atoms with E-state index >= 15 is 0 Å². The SMILES string of the molecule is CCCCS(=O)Cc1ccc(CCl)c(OC)c1OC. The van der Waals surface area contributed by atoms with Crippen molar-refractivity contribution in [2.75, 3.05) is 20.0 Å². The van der Waals surface area contributed by atoms with E-state index in [0.717, 1.165) is 29.7 Å². The van der Waals surface area contributed by atoms with Crippen LogP contribution in [0, 0.1) is 0 Å². The van der Waals surface area contributed by atoms with Gasteiger partial charge in [-0.1, -0.05) is 25.5 Å². The fourth-order valence-corrected chi connectivity index (χ4v) is 3.40. The Kier molecular flexibility index (Phi) is 7.24. The summed E-state index contributed by atoms with van der Waals surface area (Å²) in [5, 5.41) is 0. The van der Waals surface area contributed by atoms with Crippen molar-refractivity contribution in [1.82, 2.24) is 0 Å². The molecule has 0 spiro atoms. The van der Waals surface area contributed by atoms with Crippen LogP contribution < -0.4 is 9.47 Å². The number of alkyl halides is 1. The lowest BCUT2D eigenvalue weighted by atomic mass is 10.1. The normalized spacial score (nSPS) is 12.2. The molecule has 5 heteroatoms. The summed E-state index contributed by atoms with van der Waals surface area (Å²) in [7, 11) is 2.31. The van der Waals surface area contributed by atoms with E-state index in [1.54, 1.807) is 14.2 Å². The molecule has 0 saturated carbocycles. The Morgan fingerprint density at radius 1 is 1.16 bits per heavy atom. The number of halogens is 1. The predicted molar refractivity (Wildman–Crippen MR) is 80.7 cm³/mol. The Hall–Kier alpha value is -0.740. The van der Waals surface area contributed by atoms with Crippen molar-refractivity contribution < 1.29 is 13.7 Å². The molecule has 0 bridgehead atoms. The lowest BCUT2D eigenvalue weighted by Gasteiger charge is -2.15. The first-order valence-corrected chi connectivity index (χ1v) is 8.33. The van der Waals surface area contributed by atoms with Gasteiger partial charge in [0.15, 0.2) is 11.5 Å². The van der Waals surface area contributed by atoms with E-state index in [0.29, 0.717) is 23.1 Å². The number of unbranched alkanes of at least 4 members (excludes halogenated alkanes) is 1. The van der Waals surface area contributed by atoms with Gasteiger partial charge in [-0.2, -0.15) is 0 Å². The Labute approximate surface area is 122 Å².